The van der Waals surface area contributed by atoms with Crippen LogP contribution in [0.3, 0.4) is 0 Å². The van der Waals surface area contributed by atoms with Crippen LogP contribution in [0.15, 0.2) is 84.2 Å². The van der Waals surface area contributed by atoms with Gasteiger partial charge in [-0.2, -0.15) is 0 Å². The lowest BCUT2D eigenvalue weighted by Gasteiger charge is -2.25. The van der Waals surface area contributed by atoms with Crippen molar-refractivity contribution in [1.29, 1.82) is 0 Å². The van der Waals surface area contributed by atoms with Crippen LogP contribution in [-0.4, -0.2) is 32.5 Å². The number of para-hydroxylation sites is 1. The second-order valence-electron chi connectivity index (χ2n) is 6.41. The van der Waals surface area contributed by atoms with E-state index in [9.17, 15) is 22.8 Å². The van der Waals surface area contributed by atoms with E-state index in [0.29, 0.717) is 16.8 Å². The summed E-state index contributed by atoms with van der Waals surface area (Å²) in [6.45, 7) is 0. The van der Waals surface area contributed by atoms with Crippen LogP contribution < -0.4 is 9.64 Å². The maximum absolute atomic E-state index is 12.6. The van der Waals surface area contributed by atoms with Gasteiger partial charge < -0.3 is 19.1 Å². The van der Waals surface area contributed by atoms with Crippen molar-refractivity contribution in [1.82, 2.24) is 0 Å². The highest BCUT2D eigenvalue weighted by molar-refractivity contribution is 6.06. The first-order chi connectivity index (χ1) is 15.2. The first-order valence-electron chi connectivity index (χ1n) is 9.25. The fourth-order valence-corrected chi connectivity index (χ4v) is 3.12. The number of benzene rings is 2. The van der Waals surface area contributed by atoms with Crippen molar-refractivity contribution >= 4 is 17.6 Å². The monoisotopic (exact) mass is 445 g/mol. The van der Waals surface area contributed by atoms with Crippen molar-refractivity contribution in [3.05, 3.63) is 84.2 Å². The van der Waals surface area contributed by atoms with Gasteiger partial charge in [-0.25, -0.2) is 9.59 Å². The van der Waals surface area contributed by atoms with E-state index in [-0.39, 0.29) is 17.0 Å². The van der Waals surface area contributed by atoms with Gasteiger partial charge in [-0.15, -0.1) is 13.2 Å². The van der Waals surface area contributed by atoms with E-state index in [0.717, 1.165) is 0 Å². The Kier molecular flexibility index (Phi) is 6.67. The zero-order valence-corrected chi connectivity index (χ0v) is 17.1. The molecule has 0 saturated carbocycles. The number of nitrogens with zero attached hydrogens (tertiary/aromatic N) is 1. The number of methoxy groups -OCH3 is 2. The van der Waals surface area contributed by atoms with Gasteiger partial charge in [-0.05, 0) is 35.9 Å². The number of anilines is 1. The molecular weight excluding hydrogens is 427 g/mol. The summed E-state index contributed by atoms with van der Waals surface area (Å²) >= 11 is 0. The van der Waals surface area contributed by atoms with Crippen molar-refractivity contribution in [3.8, 4) is 16.9 Å². The third-order valence-corrected chi connectivity index (χ3v) is 4.45. The number of alkyl halides is 3. The molecular formula is C23H18F3NO5. The van der Waals surface area contributed by atoms with Crippen molar-refractivity contribution in [2.75, 3.05) is 19.1 Å². The van der Waals surface area contributed by atoms with Gasteiger partial charge in [0.2, 0.25) is 0 Å². The van der Waals surface area contributed by atoms with E-state index in [4.69, 9.17) is 9.47 Å². The highest BCUT2D eigenvalue weighted by atomic mass is 19.4. The standard InChI is InChI=1S/C23H18F3NO5/c1-30-21(28)18-8-5-6-14-27(20(18)22(29)31-2)19-9-4-3-7-17(19)15-10-12-16(13-11-15)32-23(24,25)26/h3-14H,1-2H3. The van der Waals surface area contributed by atoms with E-state index in [1.165, 1.54) is 49.5 Å². The molecule has 2 aromatic carbocycles. The lowest BCUT2D eigenvalue weighted by atomic mass is 10.0. The smallest absolute Gasteiger partial charge is 0.465 e. The van der Waals surface area contributed by atoms with Crippen molar-refractivity contribution in [3.63, 3.8) is 0 Å². The van der Waals surface area contributed by atoms with Gasteiger partial charge in [0.25, 0.3) is 0 Å². The minimum atomic E-state index is -4.80. The molecule has 0 N–H and O–H groups in total. The summed E-state index contributed by atoms with van der Waals surface area (Å²) in [5, 5.41) is 0. The summed E-state index contributed by atoms with van der Waals surface area (Å²) in [6.07, 6.45) is 1.39. The second-order valence-corrected chi connectivity index (χ2v) is 6.41. The Morgan fingerprint density at radius 1 is 0.875 bits per heavy atom. The molecule has 0 aromatic heterocycles. The van der Waals surface area contributed by atoms with Gasteiger partial charge >= 0.3 is 18.3 Å². The Morgan fingerprint density at radius 2 is 1.53 bits per heavy atom. The number of carbonyl (C=O) groups is 2. The molecule has 1 aliphatic heterocycles. The summed E-state index contributed by atoms with van der Waals surface area (Å²) < 4.78 is 51.0. The molecule has 9 heteroatoms. The number of carbonyl (C=O) groups excluding carboxylic acids is 2. The normalized spacial score (nSPS) is 13.6. The van der Waals surface area contributed by atoms with Crippen molar-refractivity contribution in [2.24, 2.45) is 0 Å². The third kappa shape index (κ3) is 5.00. The lowest BCUT2D eigenvalue weighted by molar-refractivity contribution is -0.274. The number of esters is 2. The van der Waals surface area contributed by atoms with Gasteiger partial charge in [0.05, 0.1) is 25.5 Å². The zero-order valence-electron chi connectivity index (χ0n) is 17.1. The molecule has 3 rings (SSSR count). The molecule has 0 unspecified atom stereocenters. The van der Waals surface area contributed by atoms with Crippen LogP contribution >= 0.6 is 0 Å². The van der Waals surface area contributed by atoms with Gasteiger partial charge in [0, 0.05) is 11.8 Å². The summed E-state index contributed by atoms with van der Waals surface area (Å²) in [6, 6.07) is 12.2. The molecule has 0 fully saturated rings. The average Bonchev–Trinajstić information content (AvgIpc) is 3.00. The van der Waals surface area contributed by atoms with Crippen molar-refractivity contribution in [2.45, 2.75) is 6.36 Å². The van der Waals surface area contributed by atoms with Crippen molar-refractivity contribution < 1.29 is 37.0 Å². The molecule has 0 aliphatic carbocycles. The molecule has 0 saturated heterocycles. The fourth-order valence-electron chi connectivity index (χ4n) is 3.12. The van der Waals surface area contributed by atoms with E-state index in [1.54, 1.807) is 42.6 Å². The molecule has 0 amide bonds. The number of ether oxygens (including phenoxy) is 3. The Morgan fingerprint density at radius 3 is 2.16 bits per heavy atom. The van der Waals surface area contributed by atoms with Gasteiger partial charge in [-0.3, -0.25) is 0 Å². The summed E-state index contributed by atoms with van der Waals surface area (Å²) in [5.74, 6) is -1.87. The van der Waals surface area contributed by atoms with E-state index in [2.05, 4.69) is 4.74 Å². The minimum Gasteiger partial charge on any atom is -0.465 e. The molecule has 166 valence electrons. The molecule has 1 aliphatic rings. The summed E-state index contributed by atoms with van der Waals surface area (Å²) in [4.78, 5) is 26.4. The number of rotatable bonds is 5. The maximum Gasteiger partial charge on any atom is 0.573 e. The molecule has 2 aromatic rings. The third-order valence-electron chi connectivity index (χ3n) is 4.45. The Labute approximate surface area is 181 Å². The quantitative estimate of drug-likeness (QED) is 0.620. The molecule has 0 atom stereocenters. The van der Waals surface area contributed by atoms with Crippen LogP contribution in [0.25, 0.3) is 11.1 Å². The number of hydrogen-bond donors (Lipinski definition) is 0. The molecule has 0 bridgehead atoms. The van der Waals surface area contributed by atoms with Gasteiger partial charge in [-0.1, -0.05) is 36.4 Å². The Bertz CT molecular complexity index is 1100. The molecule has 0 spiro atoms. The van der Waals surface area contributed by atoms with Gasteiger partial charge in [0.1, 0.15) is 11.4 Å². The summed E-state index contributed by atoms with van der Waals surface area (Å²) in [5.41, 5.74) is 1.54. The first kappa shape index (κ1) is 22.7. The fraction of sp³-hybridized carbons (Fsp3) is 0.130. The maximum atomic E-state index is 12.6. The predicted octanol–water partition coefficient (Wildman–Crippen LogP) is 4.74. The molecule has 0 radical (unpaired) electrons. The zero-order chi connectivity index (χ0) is 23.3. The SMILES string of the molecule is COC(=O)C1=C(C(=O)OC)N(c2ccccc2-c2ccc(OC(F)(F)F)cc2)C=CC=C1. The van der Waals surface area contributed by atoms with E-state index >= 15 is 0 Å². The van der Waals surface area contributed by atoms with Crippen LogP contribution in [-0.2, 0) is 19.1 Å². The predicted molar refractivity (Wildman–Crippen MR) is 110 cm³/mol. The highest BCUT2D eigenvalue weighted by Gasteiger charge is 2.31. The Hall–Kier alpha value is -4.01. The topological polar surface area (TPSA) is 65.1 Å². The minimum absolute atomic E-state index is 0.0203. The van der Waals surface area contributed by atoms with Crippen LogP contribution in [0.4, 0.5) is 18.9 Å². The first-order valence-corrected chi connectivity index (χ1v) is 9.25. The molecule has 32 heavy (non-hydrogen) atoms. The molecule has 6 nitrogen and oxygen atoms in total. The van der Waals surface area contributed by atoms with E-state index < -0.39 is 18.3 Å². The number of hydrogen-bond acceptors (Lipinski definition) is 6. The van der Waals surface area contributed by atoms with Crippen LogP contribution in [0.1, 0.15) is 0 Å². The molecule has 1 heterocycles. The van der Waals surface area contributed by atoms with Crippen LogP contribution in [0.2, 0.25) is 0 Å². The van der Waals surface area contributed by atoms with Crippen LogP contribution in [0, 0.1) is 0 Å². The van der Waals surface area contributed by atoms with E-state index in [1.807, 2.05) is 0 Å². The van der Waals surface area contributed by atoms with Crippen LogP contribution in [0.5, 0.6) is 5.75 Å². The Balaban J connectivity index is 2.12. The average molecular weight is 445 g/mol. The number of allylic oxidation sites excluding steroid dienone is 2. The summed E-state index contributed by atoms with van der Waals surface area (Å²) in [7, 11) is 2.38. The van der Waals surface area contributed by atoms with Gasteiger partial charge in [0.15, 0.2) is 0 Å². The second kappa shape index (κ2) is 9.42. The highest BCUT2D eigenvalue weighted by Crippen LogP contribution is 2.36. The lowest BCUT2D eigenvalue weighted by Crippen LogP contribution is -2.27. The number of halogens is 3. The largest absolute Gasteiger partial charge is 0.573 e.